The molecule has 7 rings (SSSR count). The van der Waals surface area contributed by atoms with Gasteiger partial charge in [-0.05, 0) is 78.2 Å². The third-order valence-electron chi connectivity index (χ3n) is 9.84. The summed E-state index contributed by atoms with van der Waals surface area (Å²) in [4.78, 5) is 41.4. The highest BCUT2D eigenvalue weighted by atomic mass is 16.5. The Morgan fingerprint density at radius 1 is 0.873 bits per heavy atom. The first-order valence-electron chi connectivity index (χ1n) is 17.6. The van der Waals surface area contributed by atoms with Gasteiger partial charge in [-0.1, -0.05) is 0 Å². The number of benzene rings is 2. The van der Waals surface area contributed by atoms with E-state index < -0.39 is 5.97 Å². The first-order chi connectivity index (χ1) is 26.6. The molecule has 1 amide bonds. The minimum atomic E-state index is -1.12. The van der Waals surface area contributed by atoms with E-state index in [1.807, 2.05) is 68.7 Å². The number of carboxylic acids is 1. The number of aromatic nitrogens is 5. The van der Waals surface area contributed by atoms with Gasteiger partial charge in [-0.2, -0.15) is 5.10 Å². The highest BCUT2D eigenvalue weighted by Gasteiger charge is 2.44. The third kappa shape index (κ3) is 7.70. The van der Waals surface area contributed by atoms with Crippen LogP contribution in [0.3, 0.4) is 0 Å². The van der Waals surface area contributed by atoms with E-state index in [1.165, 1.54) is 12.3 Å². The van der Waals surface area contributed by atoms with Crippen molar-refractivity contribution in [3.05, 3.63) is 107 Å². The van der Waals surface area contributed by atoms with Crippen LogP contribution in [-0.2, 0) is 24.9 Å². The number of fused-ring (bicyclic) bond motifs is 1. The average molecular weight is 744 g/mol. The molecular formula is C41H41N7O7. The molecule has 0 unspecified atom stereocenters. The van der Waals surface area contributed by atoms with E-state index in [2.05, 4.69) is 20.3 Å². The average Bonchev–Trinajstić information content (AvgIpc) is 3.89. The number of rotatable bonds is 14. The van der Waals surface area contributed by atoms with Crippen molar-refractivity contribution >= 4 is 34.3 Å². The second kappa shape index (κ2) is 15.3. The molecule has 282 valence electrons. The van der Waals surface area contributed by atoms with Gasteiger partial charge in [0.05, 0.1) is 40.3 Å². The number of aromatic carboxylic acids is 1. The van der Waals surface area contributed by atoms with Crippen molar-refractivity contribution in [2.24, 2.45) is 13.0 Å². The number of hydrogen-bond donors (Lipinski definition) is 2. The highest BCUT2D eigenvalue weighted by molar-refractivity contribution is 5.99. The van der Waals surface area contributed by atoms with Crippen LogP contribution in [0.5, 0.6) is 23.0 Å². The number of carbonyl (C=O) groups excluding carboxylic acids is 1. The number of methoxy groups -OCH3 is 4. The van der Waals surface area contributed by atoms with Gasteiger partial charge in [-0.25, -0.2) is 19.7 Å². The smallest absolute Gasteiger partial charge is 0.354 e. The first-order valence-corrected chi connectivity index (χ1v) is 17.6. The topological polar surface area (TPSA) is 163 Å². The van der Waals surface area contributed by atoms with Gasteiger partial charge in [0.1, 0.15) is 40.3 Å². The van der Waals surface area contributed by atoms with E-state index in [9.17, 15) is 14.7 Å². The molecule has 4 heterocycles. The zero-order valence-corrected chi connectivity index (χ0v) is 31.4. The van der Waals surface area contributed by atoms with Crippen LogP contribution >= 0.6 is 0 Å². The van der Waals surface area contributed by atoms with Crippen molar-refractivity contribution in [1.29, 1.82) is 0 Å². The summed E-state index contributed by atoms with van der Waals surface area (Å²) in [6, 6.07) is 16.6. The summed E-state index contributed by atoms with van der Waals surface area (Å²) in [6.07, 6.45) is 7.72. The summed E-state index contributed by atoms with van der Waals surface area (Å²) in [5.41, 5.74) is 4.59. The molecule has 0 radical (unpaired) electrons. The lowest BCUT2D eigenvalue weighted by Gasteiger charge is -2.28. The van der Waals surface area contributed by atoms with Crippen LogP contribution in [0.4, 0.5) is 11.6 Å². The largest absolute Gasteiger partial charge is 0.497 e. The Hall–Kier alpha value is -6.70. The molecule has 2 atom stereocenters. The molecule has 14 nitrogen and oxygen atoms in total. The Morgan fingerprint density at radius 3 is 2.11 bits per heavy atom. The van der Waals surface area contributed by atoms with Crippen molar-refractivity contribution in [3.8, 4) is 34.3 Å². The Morgan fingerprint density at radius 2 is 1.55 bits per heavy atom. The number of hydrogen-bond acceptors (Lipinski definition) is 11. The molecule has 55 heavy (non-hydrogen) atoms. The lowest BCUT2D eigenvalue weighted by Crippen LogP contribution is -2.24. The number of aryl methyl sites for hydroxylation is 2. The monoisotopic (exact) mass is 743 g/mol. The van der Waals surface area contributed by atoms with Crippen LogP contribution in [0.15, 0.2) is 79.4 Å². The van der Waals surface area contributed by atoms with Gasteiger partial charge in [-0.15, -0.1) is 0 Å². The number of carboxylic acid groups (broad SMARTS) is 1. The first kappa shape index (κ1) is 36.6. The lowest BCUT2D eigenvalue weighted by atomic mass is 10.0. The molecule has 1 fully saturated rings. The maximum Gasteiger partial charge on any atom is 0.354 e. The third-order valence-corrected chi connectivity index (χ3v) is 9.84. The zero-order valence-electron chi connectivity index (χ0n) is 31.4. The summed E-state index contributed by atoms with van der Waals surface area (Å²) in [6.45, 7) is 2.52. The molecule has 0 bridgehead atoms. The lowest BCUT2D eigenvalue weighted by molar-refractivity contribution is -0.117. The number of ether oxygens (including phenoxy) is 4. The van der Waals surface area contributed by atoms with Crippen LogP contribution < -0.4 is 29.2 Å². The minimum absolute atomic E-state index is 0.0686. The molecule has 2 aromatic carbocycles. The van der Waals surface area contributed by atoms with E-state index in [1.54, 1.807) is 45.5 Å². The number of nitrogens with zero attached hydrogens (tertiary/aromatic N) is 6. The van der Waals surface area contributed by atoms with Gasteiger partial charge in [0, 0.05) is 78.9 Å². The summed E-state index contributed by atoms with van der Waals surface area (Å²) in [7, 11) is 8.29. The fraction of sp³-hybridized carbons (Fsp3) is 0.268. The summed E-state index contributed by atoms with van der Waals surface area (Å²) in [5, 5.41) is 18.4. The summed E-state index contributed by atoms with van der Waals surface area (Å²) in [5.74, 6) is 2.23. The molecule has 1 saturated carbocycles. The highest BCUT2D eigenvalue weighted by Crippen LogP contribution is 2.48. The number of amides is 1. The zero-order chi connectivity index (χ0) is 38.8. The standard InChI is InChI=1S/C41H41N7O7/c1-23-11-35(41(50)51)42-18-32(23)34-12-26-13-38(46-40(49)31-16-30(31)27-17-44-47(2)20-27)43-19-33(26)39(45-34)48(21-24-7-9-28(52-3)14-36(24)54-5)22-25-8-10-29(53-4)15-37(25)55-6/h7-15,17-20,30-31H,16,21-22H2,1-6H3,(H,50,51)(H,43,46,49)/t30-,31+/m1/s1. The van der Waals surface area contributed by atoms with Gasteiger partial charge < -0.3 is 34.3 Å². The van der Waals surface area contributed by atoms with Crippen LogP contribution in [0.25, 0.3) is 22.0 Å². The van der Waals surface area contributed by atoms with E-state index in [-0.39, 0.29) is 23.4 Å². The number of pyridine rings is 3. The van der Waals surface area contributed by atoms with Crippen LogP contribution in [0.1, 0.15) is 45.1 Å². The fourth-order valence-electron chi connectivity index (χ4n) is 6.81. The fourth-order valence-corrected chi connectivity index (χ4v) is 6.81. The maximum atomic E-state index is 13.4. The Balaban J connectivity index is 1.35. The van der Waals surface area contributed by atoms with Crippen molar-refractivity contribution < 1.29 is 33.6 Å². The molecule has 0 aliphatic heterocycles. The summed E-state index contributed by atoms with van der Waals surface area (Å²) < 4.78 is 24.3. The van der Waals surface area contributed by atoms with Crippen molar-refractivity contribution in [2.75, 3.05) is 38.7 Å². The maximum absolute atomic E-state index is 13.4. The quantitative estimate of drug-likeness (QED) is 0.126. The minimum Gasteiger partial charge on any atom is -0.497 e. The van der Waals surface area contributed by atoms with E-state index in [0.29, 0.717) is 69.9 Å². The van der Waals surface area contributed by atoms with Gasteiger partial charge >= 0.3 is 5.97 Å². The van der Waals surface area contributed by atoms with Gasteiger partial charge in [0.15, 0.2) is 0 Å². The molecule has 4 aromatic heterocycles. The Bertz CT molecular complexity index is 2360. The van der Waals surface area contributed by atoms with Crippen LogP contribution in [-0.4, -0.2) is 70.2 Å². The van der Waals surface area contributed by atoms with Crippen molar-refractivity contribution in [3.63, 3.8) is 0 Å². The normalized spacial score (nSPS) is 14.7. The molecule has 0 saturated heterocycles. The second-order valence-electron chi connectivity index (χ2n) is 13.4. The van der Waals surface area contributed by atoms with Crippen molar-refractivity contribution in [1.82, 2.24) is 24.7 Å². The van der Waals surface area contributed by atoms with Gasteiger partial charge in [0.2, 0.25) is 5.91 Å². The SMILES string of the molecule is COc1ccc(CN(Cc2ccc(OC)cc2OC)c2nc(-c3cnc(C(=O)O)cc3C)cc3cc(NC(=O)[C@H]4C[C@@H]4c4cnn(C)c4)ncc23)c(OC)c1. The van der Waals surface area contributed by atoms with E-state index in [0.717, 1.165) is 28.5 Å². The number of anilines is 2. The van der Waals surface area contributed by atoms with Crippen LogP contribution in [0, 0.1) is 12.8 Å². The molecular weight excluding hydrogens is 702 g/mol. The summed E-state index contributed by atoms with van der Waals surface area (Å²) >= 11 is 0. The van der Waals surface area contributed by atoms with E-state index in [4.69, 9.17) is 28.9 Å². The molecule has 1 aliphatic rings. The predicted octanol–water partition coefficient (Wildman–Crippen LogP) is 6.42. The molecule has 1 aliphatic carbocycles. The molecule has 14 heteroatoms. The Labute approximate surface area is 317 Å². The van der Waals surface area contributed by atoms with Gasteiger partial charge in [0.25, 0.3) is 0 Å². The predicted molar refractivity (Wildman–Crippen MR) is 206 cm³/mol. The van der Waals surface area contributed by atoms with Crippen LogP contribution in [0.2, 0.25) is 0 Å². The number of carbonyl (C=O) groups is 2. The molecule has 2 N–H and O–H groups in total. The van der Waals surface area contributed by atoms with Gasteiger partial charge in [-0.3, -0.25) is 9.48 Å². The van der Waals surface area contributed by atoms with E-state index >= 15 is 0 Å². The second-order valence-corrected chi connectivity index (χ2v) is 13.4. The van der Waals surface area contributed by atoms with Crippen molar-refractivity contribution in [2.45, 2.75) is 32.4 Å². The Kier molecular flexibility index (Phi) is 10.2. The number of nitrogens with one attached hydrogen (secondary N) is 1. The molecule has 0 spiro atoms. The molecule has 6 aromatic rings.